The standard InChI is InChI=1S/C63H51N3S/c1-62(2,3)42-21-26-58-49(35-42)47-31-38(17-24-56(47)65(58)44-13-9-8-10-14-44)40-19-29-60-52(33-40)53-34-41(20-30-61(53)67-60)39-18-25-57-48(32-39)50-36-43(63(4,5)6)22-27-59(50)66(57)45-23-28-55-51(37-45)46-15-11-12-16-54(46)64(55)7/h8-37H,1-7H3. The Hall–Kier alpha value is -7.40. The van der Waals surface area contributed by atoms with Crippen LogP contribution in [0.15, 0.2) is 182 Å². The third-order valence-corrected chi connectivity index (χ3v) is 15.7. The molecule has 0 atom stereocenters. The van der Waals surface area contributed by atoms with Gasteiger partial charge in [-0.25, -0.2) is 0 Å². The van der Waals surface area contributed by atoms with Crippen LogP contribution in [0.4, 0.5) is 0 Å². The maximum atomic E-state index is 2.47. The van der Waals surface area contributed by atoms with Gasteiger partial charge in [0, 0.05) is 81.9 Å². The van der Waals surface area contributed by atoms with E-state index in [-0.39, 0.29) is 10.8 Å². The van der Waals surface area contributed by atoms with Crippen molar-refractivity contribution in [2.75, 3.05) is 0 Å². The van der Waals surface area contributed by atoms with Crippen molar-refractivity contribution in [3.63, 3.8) is 0 Å². The topological polar surface area (TPSA) is 14.8 Å². The van der Waals surface area contributed by atoms with Gasteiger partial charge in [0.05, 0.1) is 22.1 Å². The maximum Gasteiger partial charge on any atom is 0.0541 e. The van der Waals surface area contributed by atoms with Crippen molar-refractivity contribution in [2.24, 2.45) is 7.05 Å². The number of aromatic nitrogens is 3. The SMILES string of the molecule is Cn1c2ccccc2c2cc(-n3c4ccc(-c5ccc6sc7ccc(-c8ccc9c(c8)c8cc(C(C)(C)C)ccc8n9-c8ccccc8)cc7c6c5)cc4c4cc(C(C)(C)C)ccc43)ccc21. The Kier molecular flexibility index (Phi) is 8.52. The number of benzene rings is 9. The third-order valence-electron chi connectivity index (χ3n) is 14.6. The highest BCUT2D eigenvalue weighted by Crippen LogP contribution is 2.43. The average molecular weight is 882 g/mol. The van der Waals surface area contributed by atoms with Crippen molar-refractivity contribution in [3.05, 3.63) is 193 Å². The second kappa shape index (κ2) is 14.3. The molecule has 0 N–H and O–H groups in total. The molecule has 0 aliphatic carbocycles. The molecule has 4 heteroatoms. The van der Waals surface area contributed by atoms with E-state index in [0.717, 1.165) is 0 Å². The predicted molar refractivity (Wildman–Crippen MR) is 290 cm³/mol. The van der Waals surface area contributed by atoms with E-state index in [1.54, 1.807) is 0 Å². The number of nitrogens with zero attached hydrogens (tertiary/aromatic N) is 3. The average Bonchev–Trinajstić information content (AvgIpc) is 4.06. The number of aryl methyl sites for hydroxylation is 1. The van der Waals surface area contributed by atoms with Gasteiger partial charge in [-0.05, 0) is 153 Å². The van der Waals surface area contributed by atoms with E-state index < -0.39 is 0 Å². The van der Waals surface area contributed by atoms with Crippen molar-refractivity contribution in [1.29, 1.82) is 0 Å². The summed E-state index contributed by atoms with van der Waals surface area (Å²) in [5.74, 6) is 0. The number of rotatable bonds is 4. The van der Waals surface area contributed by atoms with Crippen molar-refractivity contribution in [1.82, 2.24) is 13.7 Å². The lowest BCUT2D eigenvalue weighted by Crippen LogP contribution is -2.10. The van der Waals surface area contributed by atoms with E-state index in [1.165, 1.54) is 130 Å². The van der Waals surface area contributed by atoms with Gasteiger partial charge >= 0.3 is 0 Å². The van der Waals surface area contributed by atoms with E-state index in [2.05, 4.69) is 244 Å². The molecule has 0 radical (unpaired) electrons. The van der Waals surface area contributed by atoms with Gasteiger partial charge in [0.1, 0.15) is 0 Å². The lowest BCUT2D eigenvalue weighted by Gasteiger charge is -2.19. The van der Waals surface area contributed by atoms with Gasteiger partial charge in [-0.15, -0.1) is 11.3 Å². The van der Waals surface area contributed by atoms with Gasteiger partial charge in [0.25, 0.3) is 0 Å². The fourth-order valence-electron chi connectivity index (χ4n) is 10.9. The molecule has 0 bridgehead atoms. The summed E-state index contributed by atoms with van der Waals surface area (Å²) in [6.45, 7) is 13.8. The Morgan fingerprint density at radius 3 is 1.25 bits per heavy atom. The van der Waals surface area contributed by atoms with Crippen LogP contribution in [0.1, 0.15) is 52.7 Å². The van der Waals surface area contributed by atoms with Crippen molar-refractivity contribution in [3.8, 4) is 33.6 Å². The molecule has 324 valence electrons. The molecule has 0 fully saturated rings. The molecule has 13 rings (SSSR count). The van der Waals surface area contributed by atoms with Crippen LogP contribution in [-0.4, -0.2) is 13.7 Å². The number of thiophene rings is 1. The van der Waals surface area contributed by atoms with Gasteiger partial charge in [-0.3, -0.25) is 0 Å². The van der Waals surface area contributed by atoms with Gasteiger partial charge in [-0.2, -0.15) is 0 Å². The summed E-state index contributed by atoms with van der Waals surface area (Å²) in [6.07, 6.45) is 0. The zero-order valence-electron chi connectivity index (χ0n) is 39.1. The molecular formula is C63H51N3S. The fourth-order valence-corrected chi connectivity index (χ4v) is 12.0. The van der Waals surface area contributed by atoms with Crippen LogP contribution in [0.25, 0.3) is 119 Å². The number of hydrogen-bond acceptors (Lipinski definition) is 1. The zero-order chi connectivity index (χ0) is 45.5. The Bertz CT molecular complexity index is 4170. The molecule has 0 saturated carbocycles. The van der Waals surface area contributed by atoms with Crippen LogP contribution in [-0.2, 0) is 17.9 Å². The summed E-state index contributed by atoms with van der Waals surface area (Å²) in [6, 6.07) is 68.9. The van der Waals surface area contributed by atoms with Crippen LogP contribution in [0, 0.1) is 0 Å². The number of para-hydroxylation sites is 2. The van der Waals surface area contributed by atoms with Gasteiger partial charge in [0.15, 0.2) is 0 Å². The highest BCUT2D eigenvalue weighted by molar-refractivity contribution is 7.25. The molecule has 3 nitrogen and oxygen atoms in total. The highest BCUT2D eigenvalue weighted by atomic mass is 32.1. The lowest BCUT2D eigenvalue weighted by molar-refractivity contribution is 0.591. The summed E-state index contributed by atoms with van der Waals surface area (Å²) in [5, 5.41) is 10.3. The monoisotopic (exact) mass is 881 g/mol. The molecular weight excluding hydrogens is 831 g/mol. The first kappa shape index (κ1) is 39.9. The molecule has 0 unspecified atom stereocenters. The zero-order valence-corrected chi connectivity index (χ0v) is 39.9. The molecule has 67 heavy (non-hydrogen) atoms. The summed E-state index contributed by atoms with van der Waals surface area (Å²) in [7, 11) is 2.17. The smallest absolute Gasteiger partial charge is 0.0541 e. The van der Waals surface area contributed by atoms with E-state index >= 15 is 0 Å². The normalized spacial score (nSPS) is 12.7. The number of hydrogen-bond donors (Lipinski definition) is 0. The van der Waals surface area contributed by atoms with E-state index in [1.807, 2.05) is 11.3 Å². The van der Waals surface area contributed by atoms with E-state index in [9.17, 15) is 0 Å². The predicted octanol–water partition coefficient (Wildman–Crippen LogP) is 17.8. The fraction of sp³-hybridized carbons (Fsp3) is 0.143. The largest absolute Gasteiger partial charge is 0.344 e. The first-order valence-electron chi connectivity index (χ1n) is 23.5. The van der Waals surface area contributed by atoms with Crippen LogP contribution < -0.4 is 0 Å². The minimum Gasteiger partial charge on any atom is -0.344 e. The molecule has 0 aliphatic rings. The quantitative estimate of drug-likeness (QED) is 0.167. The van der Waals surface area contributed by atoms with Gasteiger partial charge in [0.2, 0.25) is 0 Å². The molecule has 0 saturated heterocycles. The van der Waals surface area contributed by atoms with Crippen LogP contribution in [0.3, 0.4) is 0 Å². The second-order valence-electron chi connectivity index (χ2n) is 20.7. The van der Waals surface area contributed by atoms with Gasteiger partial charge < -0.3 is 13.7 Å². The summed E-state index contributed by atoms with van der Waals surface area (Å²) < 4.78 is 9.82. The van der Waals surface area contributed by atoms with Gasteiger partial charge in [-0.1, -0.05) is 114 Å². The third kappa shape index (κ3) is 6.16. The van der Waals surface area contributed by atoms with Crippen LogP contribution in [0.5, 0.6) is 0 Å². The Balaban J connectivity index is 0.951. The molecule has 13 aromatic rings. The molecule has 4 heterocycles. The Morgan fingerprint density at radius 2 is 0.716 bits per heavy atom. The molecule has 0 spiro atoms. The first-order valence-corrected chi connectivity index (χ1v) is 24.4. The Labute approximate surface area is 394 Å². The van der Waals surface area contributed by atoms with E-state index in [0.29, 0.717) is 0 Å². The van der Waals surface area contributed by atoms with Crippen LogP contribution in [0.2, 0.25) is 0 Å². The second-order valence-corrected chi connectivity index (χ2v) is 21.8. The molecule has 0 amide bonds. The summed E-state index contributed by atoms with van der Waals surface area (Å²) >= 11 is 1.88. The van der Waals surface area contributed by atoms with Crippen molar-refractivity contribution < 1.29 is 0 Å². The van der Waals surface area contributed by atoms with Crippen molar-refractivity contribution >= 4 is 96.9 Å². The lowest BCUT2D eigenvalue weighted by atomic mass is 9.86. The first-order chi connectivity index (χ1) is 32.4. The Morgan fingerprint density at radius 1 is 0.313 bits per heavy atom. The van der Waals surface area contributed by atoms with Crippen molar-refractivity contribution in [2.45, 2.75) is 52.4 Å². The number of fused-ring (bicyclic) bond motifs is 12. The molecule has 9 aromatic carbocycles. The summed E-state index contributed by atoms with van der Waals surface area (Å²) in [5.41, 5.74) is 17.4. The van der Waals surface area contributed by atoms with Crippen LogP contribution >= 0.6 is 11.3 Å². The highest BCUT2D eigenvalue weighted by Gasteiger charge is 2.22. The van der Waals surface area contributed by atoms with E-state index in [4.69, 9.17) is 0 Å². The minimum atomic E-state index is 0.0224. The maximum absolute atomic E-state index is 2.47. The summed E-state index contributed by atoms with van der Waals surface area (Å²) in [4.78, 5) is 0. The molecule has 0 aliphatic heterocycles. The molecule has 4 aromatic heterocycles. The minimum absolute atomic E-state index is 0.0224.